The van der Waals surface area contributed by atoms with Gasteiger partial charge in [0.25, 0.3) is 0 Å². The van der Waals surface area contributed by atoms with Gasteiger partial charge in [0.2, 0.25) is 5.91 Å². The van der Waals surface area contributed by atoms with E-state index in [1.807, 2.05) is 0 Å². The number of nitrogens with zero attached hydrogens (tertiary/aromatic N) is 1. The number of nitrogens with two attached hydrogens (primary N) is 1. The van der Waals surface area contributed by atoms with Crippen molar-refractivity contribution in [2.24, 2.45) is 16.3 Å². The molecule has 1 unspecified atom stereocenters. The molecule has 0 aliphatic heterocycles. The first-order valence-corrected chi connectivity index (χ1v) is 6.07. The van der Waals surface area contributed by atoms with Crippen molar-refractivity contribution in [1.29, 1.82) is 0 Å². The topological polar surface area (TPSA) is 87.7 Å². The number of alkyl halides is 3. The van der Waals surface area contributed by atoms with E-state index < -0.39 is 30.0 Å². The van der Waals surface area contributed by atoms with Gasteiger partial charge in [-0.2, -0.15) is 13.2 Å². The van der Waals surface area contributed by atoms with E-state index in [0.29, 0.717) is 12.8 Å². The number of amides is 1. The van der Waals surface area contributed by atoms with Gasteiger partial charge in [-0.1, -0.05) is 18.0 Å². The molecule has 110 valence electrons. The molecular formula is C11H18F3N3O2. The smallest absolute Gasteiger partial charge is 0.391 e. The Hall–Kier alpha value is -1.47. The first-order valence-electron chi connectivity index (χ1n) is 6.07. The number of nitrogens with one attached hydrogen (secondary N) is 1. The van der Waals surface area contributed by atoms with Gasteiger partial charge in [0.05, 0.1) is 6.42 Å². The molecule has 1 aliphatic rings. The Morgan fingerprint density at radius 1 is 1.47 bits per heavy atom. The van der Waals surface area contributed by atoms with Crippen molar-refractivity contribution in [3.63, 3.8) is 0 Å². The second-order valence-electron chi connectivity index (χ2n) is 4.97. The van der Waals surface area contributed by atoms with Crippen LogP contribution in [0.15, 0.2) is 5.16 Å². The fraction of sp³-hybridized carbons (Fsp3) is 0.818. The molecule has 0 saturated heterocycles. The van der Waals surface area contributed by atoms with Crippen LogP contribution in [0.5, 0.6) is 0 Å². The Labute approximate surface area is 109 Å². The Kier molecular flexibility index (Phi) is 4.65. The predicted molar refractivity (Wildman–Crippen MR) is 62.6 cm³/mol. The molecule has 1 fully saturated rings. The molecule has 5 nitrogen and oxygen atoms in total. The van der Waals surface area contributed by atoms with E-state index in [0.717, 1.165) is 12.8 Å². The van der Waals surface area contributed by atoms with Gasteiger partial charge in [-0.15, -0.1) is 0 Å². The lowest BCUT2D eigenvalue weighted by Crippen LogP contribution is -2.51. The van der Waals surface area contributed by atoms with Gasteiger partial charge >= 0.3 is 6.18 Å². The van der Waals surface area contributed by atoms with Crippen LogP contribution in [0, 0.1) is 5.41 Å². The molecule has 0 spiro atoms. The molecule has 4 N–H and O–H groups in total. The minimum atomic E-state index is -4.34. The molecule has 0 bridgehead atoms. The molecule has 0 aromatic rings. The first-order chi connectivity index (χ1) is 8.71. The van der Waals surface area contributed by atoms with Crippen LogP contribution in [0.3, 0.4) is 0 Å². The standard InChI is InChI=1S/C11H18F3N3O2/c1-7(6-11(12,13)14)16-9(18)10(8(15)17-19)4-2-3-5-10/h7,19H,2-6H2,1H3,(H2,15,17)(H,16,18). The zero-order chi connectivity index (χ0) is 14.7. The maximum Gasteiger partial charge on any atom is 0.391 e. The van der Waals surface area contributed by atoms with E-state index in [1.165, 1.54) is 6.92 Å². The first kappa shape index (κ1) is 15.6. The summed E-state index contributed by atoms with van der Waals surface area (Å²) in [6, 6.07) is -1.04. The summed E-state index contributed by atoms with van der Waals surface area (Å²) in [4.78, 5) is 12.1. The highest BCUT2D eigenvalue weighted by molar-refractivity contribution is 6.07. The number of hydrogen-bond donors (Lipinski definition) is 3. The number of oxime groups is 1. The number of halogens is 3. The molecule has 0 aromatic carbocycles. The summed E-state index contributed by atoms with van der Waals surface area (Å²) in [5, 5.41) is 13.9. The molecule has 0 heterocycles. The summed E-state index contributed by atoms with van der Waals surface area (Å²) < 4.78 is 36.6. The zero-order valence-electron chi connectivity index (χ0n) is 10.6. The summed E-state index contributed by atoms with van der Waals surface area (Å²) in [6.45, 7) is 1.28. The van der Waals surface area contributed by atoms with E-state index in [1.54, 1.807) is 0 Å². The van der Waals surface area contributed by atoms with Crippen LogP contribution in [0.4, 0.5) is 13.2 Å². The largest absolute Gasteiger partial charge is 0.409 e. The van der Waals surface area contributed by atoms with Crippen LogP contribution in [0.2, 0.25) is 0 Å². The monoisotopic (exact) mass is 281 g/mol. The molecule has 1 rings (SSSR count). The van der Waals surface area contributed by atoms with E-state index in [4.69, 9.17) is 10.9 Å². The number of amidine groups is 1. The normalized spacial score (nSPS) is 21.2. The summed E-state index contributed by atoms with van der Waals surface area (Å²) >= 11 is 0. The number of carbonyl (C=O) groups is 1. The van der Waals surface area contributed by atoms with Crippen molar-refractivity contribution in [2.75, 3.05) is 0 Å². The SMILES string of the molecule is CC(CC(F)(F)F)NC(=O)C1(C(N)=NO)CCCC1. The third-order valence-electron chi connectivity index (χ3n) is 3.40. The Morgan fingerprint density at radius 3 is 2.42 bits per heavy atom. The summed E-state index contributed by atoms with van der Waals surface area (Å²) in [7, 11) is 0. The molecule has 1 saturated carbocycles. The molecule has 1 atom stereocenters. The van der Waals surface area contributed by atoms with E-state index >= 15 is 0 Å². The van der Waals surface area contributed by atoms with Gasteiger partial charge in [0, 0.05) is 6.04 Å². The minimum Gasteiger partial charge on any atom is -0.409 e. The third-order valence-corrected chi connectivity index (χ3v) is 3.40. The average Bonchev–Trinajstić information content (AvgIpc) is 2.75. The molecule has 1 amide bonds. The maximum absolute atomic E-state index is 12.2. The predicted octanol–water partition coefficient (Wildman–Crippen LogP) is 1.75. The fourth-order valence-electron chi connectivity index (χ4n) is 2.43. The molecule has 1 aliphatic carbocycles. The van der Waals surface area contributed by atoms with Gasteiger partial charge in [-0.25, -0.2) is 0 Å². The second kappa shape index (κ2) is 5.66. The van der Waals surface area contributed by atoms with Crippen molar-refractivity contribution < 1.29 is 23.2 Å². The summed E-state index contributed by atoms with van der Waals surface area (Å²) in [5.41, 5.74) is 4.36. The zero-order valence-corrected chi connectivity index (χ0v) is 10.6. The fourth-order valence-corrected chi connectivity index (χ4v) is 2.43. The van der Waals surface area contributed by atoms with Crippen LogP contribution in [-0.2, 0) is 4.79 Å². The Balaban J connectivity index is 2.74. The highest BCUT2D eigenvalue weighted by Crippen LogP contribution is 2.38. The van der Waals surface area contributed by atoms with E-state index in [9.17, 15) is 18.0 Å². The minimum absolute atomic E-state index is 0.235. The van der Waals surface area contributed by atoms with Gasteiger partial charge < -0.3 is 16.3 Å². The molecule has 0 aromatic heterocycles. The lowest BCUT2D eigenvalue weighted by Gasteiger charge is -2.28. The van der Waals surface area contributed by atoms with Crippen molar-refractivity contribution in [3.8, 4) is 0 Å². The van der Waals surface area contributed by atoms with Crippen LogP contribution in [0.25, 0.3) is 0 Å². The van der Waals surface area contributed by atoms with Crippen LogP contribution < -0.4 is 11.1 Å². The van der Waals surface area contributed by atoms with Gasteiger partial charge in [0.1, 0.15) is 5.41 Å². The molecule has 19 heavy (non-hydrogen) atoms. The quantitative estimate of drug-likeness (QED) is 0.317. The molecule has 0 radical (unpaired) electrons. The Bertz CT molecular complexity index is 363. The molecular weight excluding hydrogens is 263 g/mol. The maximum atomic E-state index is 12.2. The van der Waals surface area contributed by atoms with Crippen LogP contribution in [0.1, 0.15) is 39.0 Å². The lowest BCUT2D eigenvalue weighted by molar-refractivity contribution is -0.142. The van der Waals surface area contributed by atoms with Crippen LogP contribution in [-0.4, -0.2) is 29.2 Å². The Morgan fingerprint density at radius 2 is 2.00 bits per heavy atom. The van der Waals surface area contributed by atoms with Crippen LogP contribution >= 0.6 is 0 Å². The average molecular weight is 281 g/mol. The van der Waals surface area contributed by atoms with E-state index in [-0.39, 0.29) is 5.84 Å². The second-order valence-corrected chi connectivity index (χ2v) is 4.97. The van der Waals surface area contributed by atoms with Crippen molar-refractivity contribution in [3.05, 3.63) is 0 Å². The van der Waals surface area contributed by atoms with Crippen molar-refractivity contribution in [1.82, 2.24) is 5.32 Å². The van der Waals surface area contributed by atoms with Crippen molar-refractivity contribution >= 4 is 11.7 Å². The van der Waals surface area contributed by atoms with Gasteiger partial charge in [-0.05, 0) is 19.8 Å². The number of carbonyl (C=O) groups excluding carboxylic acids is 1. The summed E-state index contributed by atoms with van der Waals surface area (Å²) in [6.07, 6.45) is -3.24. The van der Waals surface area contributed by atoms with Crippen molar-refractivity contribution in [2.45, 2.75) is 51.2 Å². The van der Waals surface area contributed by atoms with Gasteiger partial charge in [-0.3, -0.25) is 4.79 Å². The van der Waals surface area contributed by atoms with Gasteiger partial charge in [0.15, 0.2) is 5.84 Å². The molecule has 8 heteroatoms. The third kappa shape index (κ3) is 3.74. The highest BCUT2D eigenvalue weighted by atomic mass is 19.4. The highest BCUT2D eigenvalue weighted by Gasteiger charge is 2.46. The number of rotatable bonds is 4. The lowest BCUT2D eigenvalue weighted by atomic mass is 9.83. The number of hydrogen-bond acceptors (Lipinski definition) is 3. The van der Waals surface area contributed by atoms with E-state index in [2.05, 4.69) is 10.5 Å². The summed E-state index contributed by atoms with van der Waals surface area (Å²) in [5.74, 6) is -0.834.